The summed E-state index contributed by atoms with van der Waals surface area (Å²) < 4.78 is 11.8. The van der Waals surface area contributed by atoms with Crippen molar-refractivity contribution >= 4 is 33.9 Å². The molecule has 3 aromatic rings. The average Bonchev–Trinajstić information content (AvgIpc) is 2.80. The highest BCUT2D eigenvalue weighted by Crippen LogP contribution is 2.29. The van der Waals surface area contributed by atoms with Crippen LogP contribution < -0.4 is 14.8 Å². The van der Waals surface area contributed by atoms with Crippen LogP contribution in [-0.2, 0) is 16.0 Å². The van der Waals surface area contributed by atoms with E-state index in [0.717, 1.165) is 10.0 Å². The largest absolute Gasteiger partial charge is 0.497 e. The Morgan fingerprint density at radius 2 is 1.75 bits per heavy atom. The van der Waals surface area contributed by atoms with Gasteiger partial charge in [0.15, 0.2) is 0 Å². The molecule has 2 N–H and O–H groups in total. The van der Waals surface area contributed by atoms with Gasteiger partial charge in [-0.2, -0.15) is 0 Å². The number of rotatable bonds is 9. The molecule has 164 valence electrons. The van der Waals surface area contributed by atoms with Gasteiger partial charge in [-0.1, -0.05) is 36.4 Å². The topological polar surface area (TPSA) is 84.9 Å². The number of halogens is 1. The summed E-state index contributed by atoms with van der Waals surface area (Å²) in [5, 5.41) is 12.0. The van der Waals surface area contributed by atoms with Crippen LogP contribution in [0.25, 0.3) is 6.08 Å². The van der Waals surface area contributed by atoms with Crippen LogP contribution in [0.4, 0.5) is 0 Å². The molecule has 0 saturated carbocycles. The minimum Gasteiger partial charge on any atom is -0.497 e. The van der Waals surface area contributed by atoms with E-state index in [2.05, 4.69) is 21.2 Å². The van der Waals surface area contributed by atoms with Gasteiger partial charge in [-0.15, -0.1) is 0 Å². The number of para-hydroxylation sites is 1. The molecule has 0 aliphatic heterocycles. The van der Waals surface area contributed by atoms with Crippen LogP contribution in [0, 0.1) is 0 Å². The molecule has 6 nitrogen and oxygen atoms in total. The van der Waals surface area contributed by atoms with Gasteiger partial charge >= 0.3 is 5.97 Å². The number of aliphatic carboxylic acids is 1. The van der Waals surface area contributed by atoms with Gasteiger partial charge in [0.2, 0.25) is 5.91 Å². The van der Waals surface area contributed by atoms with Gasteiger partial charge in [-0.05, 0) is 76.0 Å². The van der Waals surface area contributed by atoms with E-state index in [-0.39, 0.29) is 18.0 Å². The molecule has 7 heteroatoms. The lowest BCUT2D eigenvalue weighted by Crippen LogP contribution is -2.27. The quantitative estimate of drug-likeness (QED) is 0.387. The highest BCUT2D eigenvalue weighted by molar-refractivity contribution is 9.10. The Labute approximate surface area is 194 Å². The maximum absolute atomic E-state index is 12.3. The molecule has 1 amide bonds. The summed E-state index contributed by atoms with van der Waals surface area (Å²) in [6.45, 7) is 0. The number of amides is 1. The number of carbonyl (C=O) groups excluding carboxylic acids is 1. The zero-order valence-electron chi connectivity index (χ0n) is 17.4. The first-order valence-electron chi connectivity index (χ1n) is 9.85. The fourth-order valence-corrected chi connectivity index (χ4v) is 3.27. The van der Waals surface area contributed by atoms with E-state index in [1.54, 1.807) is 31.4 Å². The summed E-state index contributed by atoms with van der Waals surface area (Å²) in [5.41, 5.74) is 1.36. The predicted octanol–water partition coefficient (Wildman–Crippen LogP) is 5.42. The van der Waals surface area contributed by atoms with Crippen LogP contribution in [0.3, 0.4) is 0 Å². The highest BCUT2D eigenvalue weighted by atomic mass is 79.9. The maximum Gasteiger partial charge on any atom is 0.352 e. The number of ether oxygens (including phenoxy) is 2. The molecule has 0 aliphatic carbocycles. The average molecular weight is 496 g/mol. The van der Waals surface area contributed by atoms with Gasteiger partial charge < -0.3 is 19.9 Å². The minimum atomic E-state index is -1.21. The number of carbonyl (C=O) groups is 2. The second-order valence-corrected chi connectivity index (χ2v) is 7.72. The van der Waals surface area contributed by atoms with Gasteiger partial charge in [0, 0.05) is 6.42 Å². The smallest absolute Gasteiger partial charge is 0.352 e. The van der Waals surface area contributed by atoms with Crippen LogP contribution in [-0.4, -0.2) is 24.1 Å². The Morgan fingerprint density at radius 1 is 1.00 bits per heavy atom. The van der Waals surface area contributed by atoms with E-state index in [1.165, 1.54) is 6.08 Å². The van der Waals surface area contributed by atoms with Crippen molar-refractivity contribution in [3.8, 4) is 17.2 Å². The molecule has 0 saturated heterocycles. The molecule has 32 heavy (non-hydrogen) atoms. The molecule has 0 aliphatic rings. The molecular formula is C25H22BrNO5. The summed E-state index contributed by atoms with van der Waals surface area (Å²) in [6, 6.07) is 21.8. The van der Waals surface area contributed by atoms with Crippen molar-refractivity contribution in [3.63, 3.8) is 0 Å². The Morgan fingerprint density at radius 3 is 2.44 bits per heavy atom. The summed E-state index contributed by atoms with van der Waals surface area (Å²) in [6.07, 6.45) is 2.03. The molecule has 0 unspecified atom stereocenters. The summed E-state index contributed by atoms with van der Waals surface area (Å²) >= 11 is 3.43. The number of carboxylic acids is 1. The highest BCUT2D eigenvalue weighted by Gasteiger charge is 2.12. The molecule has 0 heterocycles. The van der Waals surface area contributed by atoms with Crippen molar-refractivity contribution in [1.82, 2.24) is 5.32 Å². The van der Waals surface area contributed by atoms with E-state index < -0.39 is 5.97 Å². The molecule has 0 aromatic heterocycles. The van der Waals surface area contributed by atoms with Gasteiger partial charge in [0.1, 0.15) is 22.9 Å². The number of benzene rings is 3. The zero-order chi connectivity index (χ0) is 22.9. The van der Waals surface area contributed by atoms with Crippen molar-refractivity contribution < 1.29 is 24.2 Å². The van der Waals surface area contributed by atoms with Crippen LogP contribution in [0.5, 0.6) is 17.2 Å². The van der Waals surface area contributed by atoms with E-state index >= 15 is 0 Å². The van der Waals surface area contributed by atoms with Crippen molar-refractivity contribution in [1.29, 1.82) is 0 Å². The Hall–Kier alpha value is -3.58. The number of methoxy groups -OCH3 is 1. The molecule has 0 spiro atoms. The van der Waals surface area contributed by atoms with E-state index in [4.69, 9.17) is 9.47 Å². The summed E-state index contributed by atoms with van der Waals surface area (Å²) in [4.78, 5) is 23.9. The molecule has 0 bridgehead atoms. The third-order valence-corrected chi connectivity index (χ3v) is 5.19. The lowest BCUT2D eigenvalue weighted by atomic mass is 10.1. The molecule has 0 radical (unpaired) electrons. The van der Waals surface area contributed by atoms with E-state index in [9.17, 15) is 14.7 Å². The van der Waals surface area contributed by atoms with Crippen molar-refractivity contribution in [2.24, 2.45) is 0 Å². The standard InChI is InChI=1S/C25H22BrNO5/c1-31-20-6-4-5-17(15-20)11-14-24(28)27-22(25(29)30)16-18-9-12-19(13-10-18)32-23-8-3-2-7-21(23)26/h2-10,12-13,15-16H,11,14H2,1H3,(H,27,28)(H,29,30)/b22-16-. The van der Waals surface area contributed by atoms with Gasteiger partial charge in [0.25, 0.3) is 0 Å². The van der Waals surface area contributed by atoms with E-state index in [1.807, 2.05) is 48.5 Å². The number of aryl methyl sites for hydroxylation is 1. The van der Waals surface area contributed by atoms with Crippen LogP contribution >= 0.6 is 15.9 Å². The van der Waals surface area contributed by atoms with E-state index in [0.29, 0.717) is 29.2 Å². The first-order valence-corrected chi connectivity index (χ1v) is 10.6. The predicted molar refractivity (Wildman–Crippen MR) is 126 cm³/mol. The van der Waals surface area contributed by atoms with Gasteiger partial charge in [-0.3, -0.25) is 4.79 Å². The Kier molecular flexibility index (Phi) is 8.05. The fraction of sp³-hybridized carbons (Fsp3) is 0.120. The first-order chi connectivity index (χ1) is 15.4. The lowest BCUT2D eigenvalue weighted by molar-refractivity contribution is -0.134. The van der Waals surface area contributed by atoms with Gasteiger partial charge in [0.05, 0.1) is 11.6 Å². The second-order valence-electron chi connectivity index (χ2n) is 6.86. The van der Waals surface area contributed by atoms with Crippen molar-refractivity contribution in [3.05, 3.63) is 94.1 Å². The lowest BCUT2D eigenvalue weighted by Gasteiger charge is -2.09. The summed E-state index contributed by atoms with van der Waals surface area (Å²) in [5.74, 6) is 0.392. The Bertz CT molecular complexity index is 1130. The normalized spacial score (nSPS) is 11.0. The number of nitrogens with one attached hydrogen (secondary N) is 1. The number of hydrogen-bond donors (Lipinski definition) is 2. The third-order valence-electron chi connectivity index (χ3n) is 4.53. The zero-order valence-corrected chi connectivity index (χ0v) is 19.0. The fourth-order valence-electron chi connectivity index (χ4n) is 2.90. The monoisotopic (exact) mass is 495 g/mol. The Balaban J connectivity index is 1.63. The van der Waals surface area contributed by atoms with Crippen molar-refractivity contribution in [2.45, 2.75) is 12.8 Å². The molecule has 0 atom stereocenters. The van der Waals surface area contributed by atoms with Crippen LogP contribution in [0.1, 0.15) is 17.5 Å². The van der Waals surface area contributed by atoms with Gasteiger partial charge in [-0.25, -0.2) is 4.79 Å². The SMILES string of the molecule is COc1cccc(CCC(=O)N/C(=C\c2ccc(Oc3ccccc3Br)cc2)C(=O)O)c1. The van der Waals surface area contributed by atoms with Crippen LogP contribution in [0.2, 0.25) is 0 Å². The minimum absolute atomic E-state index is 0.149. The van der Waals surface area contributed by atoms with Crippen LogP contribution in [0.15, 0.2) is 83.0 Å². The summed E-state index contributed by atoms with van der Waals surface area (Å²) in [7, 11) is 1.58. The van der Waals surface area contributed by atoms with Crippen molar-refractivity contribution in [2.75, 3.05) is 7.11 Å². The number of carboxylic acid groups (broad SMARTS) is 1. The third kappa shape index (κ3) is 6.72. The second kappa shape index (κ2) is 11.2. The first kappa shape index (κ1) is 23.1. The maximum atomic E-state index is 12.3. The molecule has 0 fully saturated rings. The molecule has 3 rings (SSSR count). The molecule has 3 aromatic carbocycles. The number of hydrogen-bond acceptors (Lipinski definition) is 4. The molecular weight excluding hydrogens is 474 g/mol.